The van der Waals surface area contributed by atoms with E-state index in [0.717, 1.165) is 50.8 Å². The van der Waals surface area contributed by atoms with Gasteiger partial charge in [0, 0.05) is 38.2 Å². The Kier molecular flexibility index (Phi) is 13.3. The molecule has 0 aliphatic heterocycles. The Balaban J connectivity index is 2.10. The molecular weight excluding hydrogens is 322 g/mol. The van der Waals surface area contributed by atoms with Crippen LogP contribution in [-0.2, 0) is 9.47 Å². The van der Waals surface area contributed by atoms with Crippen LogP contribution < -0.4 is 10.6 Å². The molecule has 0 saturated heterocycles. The monoisotopic (exact) mass is 353 g/mol. The fraction of sp³-hybridized carbons (Fsp3) is 0.611. The lowest BCUT2D eigenvalue weighted by Gasteiger charge is -2.11. The highest BCUT2D eigenvalue weighted by atomic mass is 32.2. The summed E-state index contributed by atoms with van der Waals surface area (Å²) in [6, 6.07) is 10.5. The van der Waals surface area contributed by atoms with Crippen molar-refractivity contribution in [1.29, 1.82) is 0 Å². The standard InChI is InChI=1S/C18H31N3O2S/c1-3-19-18(20-11-7-13-23-15-14-22-2)21-12-8-16-24-17-9-5-4-6-10-17/h4-6,9-10H,3,7-8,11-16H2,1-2H3,(H2,19,20,21). The van der Waals surface area contributed by atoms with Crippen molar-refractivity contribution in [2.24, 2.45) is 4.99 Å². The van der Waals surface area contributed by atoms with Crippen molar-refractivity contribution in [2.75, 3.05) is 52.3 Å². The highest BCUT2D eigenvalue weighted by Crippen LogP contribution is 2.17. The fourth-order valence-corrected chi connectivity index (χ4v) is 2.79. The summed E-state index contributed by atoms with van der Waals surface area (Å²) in [5.74, 6) is 1.97. The van der Waals surface area contributed by atoms with Gasteiger partial charge in [0.2, 0.25) is 0 Å². The molecule has 24 heavy (non-hydrogen) atoms. The van der Waals surface area contributed by atoms with Gasteiger partial charge in [0.05, 0.1) is 13.2 Å². The van der Waals surface area contributed by atoms with Gasteiger partial charge in [-0.15, -0.1) is 11.8 Å². The molecular formula is C18H31N3O2S. The van der Waals surface area contributed by atoms with Crippen LogP contribution in [0, 0.1) is 0 Å². The lowest BCUT2D eigenvalue weighted by atomic mass is 10.4. The molecule has 1 rings (SSSR count). The molecule has 1 aromatic rings. The van der Waals surface area contributed by atoms with E-state index in [1.165, 1.54) is 4.90 Å². The van der Waals surface area contributed by atoms with Gasteiger partial charge in [-0.3, -0.25) is 4.99 Å². The summed E-state index contributed by atoms with van der Waals surface area (Å²) in [5.41, 5.74) is 0. The summed E-state index contributed by atoms with van der Waals surface area (Å²) >= 11 is 1.88. The molecule has 0 fully saturated rings. The molecule has 0 atom stereocenters. The predicted octanol–water partition coefficient (Wildman–Crippen LogP) is 2.78. The van der Waals surface area contributed by atoms with Gasteiger partial charge in [-0.25, -0.2) is 0 Å². The van der Waals surface area contributed by atoms with Crippen LogP contribution in [0.3, 0.4) is 0 Å². The van der Waals surface area contributed by atoms with E-state index in [9.17, 15) is 0 Å². The van der Waals surface area contributed by atoms with E-state index in [2.05, 4.69) is 46.8 Å². The summed E-state index contributed by atoms with van der Waals surface area (Å²) in [5, 5.41) is 6.61. The molecule has 136 valence electrons. The number of guanidine groups is 1. The van der Waals surface area contributed by atoms with Gasteiger partial charge in [0.15, 0.2) is 5.96 Å². The van der Waals surface area contributed by atoms with Gasteiger partial charge in [-0.2, -0.15) is 0 Å². The molecule has 0 heterocycles. The summed E-state index contributed by atoms with van der Waals surface area (Å²) in [6.45, 7) is 6.69. The number of hydrogen-bond acceptors (Lipinski definition) is 4. The number of aliphatic imine (C=N–C) groups is 1. The molecule has 0 aliphatic rings. The molecule has 0 unspecified atom stereocenters. The maximum atomic E-state index is 5.44. The summed E-state index contributed by atoms with van der Waals surface area (Å²) in [4.78, 5) is 5.93. The molecule has 1 aromatic carbocycles. The second-order valence-corrected chi connectivity index (χ2v) is 6.33. The van der Waals surface area contributed by atoms with Crippen LogP contribution in [0.15, 0.2) is 40.2 Å². The number of thioether (sulfide) groups is 1. The number of ether oxygens (including phenoxy) is 2. The first-order chi connectivity index (χ1) is 11.9. The first-order valence-electron chi connectivity index (χ1n) is 8.63. The first-order valence-corrected chi connectivity index (χ1v) is 9.62. The quantitative estimate of drug-likeness (QED) is 0.247. The van der Waals surface area contributed by atoms with Crippen LogP contribution in [0.25, 0.3) is 0 Å². The number of methoxy groups -OCH3 is 1. The van der Waals surface area contributed by atoms with E-state index in [0.29, 0.717) is 13.2 Å². The van der Waals surface area contributed by atoms with Gasteiger partial charge in [0.1, 0.15) is 0 Å². The third-order valence-electron chi connectivity index (χ3n) is 3.12. The number of benzene rings is 1. The normalized spacial score (nSPS) is 11.5. The fourth-order valence-electron chi connectivity index (χ4n) is 1.93. The Morgan fingerprint density at radius 1 is 1.08 bits per heavy atom. The van der Waals surface area contributed by atoms with Gasteiger partial charge >= 0.3 is 0 Å². The van der Waals surface area contributed by atoms with E-state index in [1.54, 1.807) is 7.11 Å². The molecule has 2 N–H and O–H groups in total. The molecule has 0 amide bonds. The predicted molar refractivity (Wildman–Crippen MR) is 103 cm³/mol. The first kappa shape index (κ1) is 20.8. The SMILES string of the molecule is CCNC(=NCCCSc1ccccc1)NCCCOCCOC. The number of hydrogen-bond donors (Lipinski definition) is 2. The van der Waals surface area contributed by atoms with E-state index in [-0.39, 0.29) is 0 Å². The van der Waals surface area contributed by atoms with Crippen molar-refractivity contribution in [1.82, 2.24) is 10.6 Å². The maximum absolute atomic E-state index is 5.44. The Hall–Kier alpha value is -1.24. The van der Waals surface area contributed by atoms with Gasteiger partial charge in [-0.1, -0.05) is 18.2 Å². The van der Waals surface area contributed by atoms with Crippen LogP contribution in [-0.4, -0.2) is 58.3 Å². The molecule has 0 radical (unpaired) electrons. The molecule has 0 spiro atoms. The molecule has 0 saturated carbocycles. The average Bonchev–Trinajstić information content (AvgIpc) is 2.61. The second kappa shape index (κ2) is 15.3. The zero-order valence-electron chi connectivity index (χ0n) is 14.9. The zero-order chi connectivity index (χ0) is 17.3. The van der Waals surface area contributed by atoms with E-state index in [4.69, 9.17) is 9.47 Å². The summed E-state index contributed by atoms with van der Waals surface area (Å²) in [7, 11) is 1.68. The average molecular weight is 354 g/mol. The van der Waals surface area contributed by atoms with Crippen molar-refractivity contribution in [3.8, 4) is 0 Å². The third kappa shape index (κ3) is 11.3. The van der Waals surface area contributed by atoms with Gasteiger partial charge in [0.25, 0.3) is 0 Å². The van der Waals surface area contributed by atoms with Crippen LogP contribution >= 0.6 is 11.8 Å². The minimum atomic E-state index is 0.651. The van der Waals surface area contributed by atoms with Crippen molar-refractivity contribution in [3.05, 3.63) is 30.3 Å². The molecule has 0 aliphatic carbocycles. The lowest BCUT2D eigenvalue weighted by molar-refractivity contribution is 0.0698. The smallest absolute Gasteiger partial charge is 0.191 e. The van der Waals surface area contributed by atoms with Crippen LogP contribution in [0.4, 0.5) is 0 Å². The highest BCUT2D eigenvalue weighted by molar-refractivity contribution is 7.99. The minimum Gasteiger partial charge on any atom is -0.382 e. The molecule has 6 heteroatoms. The molecule has 5 nitrogen and oxygen atoms in total. The van der Waals surface area contributed by atoms with Crippen molar-refractivity contribution < 1.29 is 9.47 Å². The zero-order valence-corrected chi connectivity index (χ0v) is 15.7. The maximum Gasteiger partial charge on any atom is 0.191 e. The molecule has 0 aromatic heterocycles. The molecule has 0 bridgehead atoms. The number of nitrogens with zero attached hydrogens (tertiary/aromatic N) is 1. The van der Waals surface area contributed by atoms with Gasteiger partial charge < -0.3 is 20.1 Å². The highest BCUT2D eigenvalue weighted by Gasteiger charge is 1.97. The third-order valence-corrected chi connectivity index (χ3v) is 4.22. The Morgan fingerprint density at radius 2 is 1.92 bits per heavy atom. The van der Waals surface area contributed by atoms with E-state index >= 15 is 0 Å². The van der Waals surface area contributed by atoms with Crippen molar-refractivity contribution in [2.45, 2.75) is 24.7 Å². The van der Waals surface area contributed by atoms with E-state index < -0.39 is 0 Å². The second-order valence-electron chi connectivity index (χ2n) is 5.16. The Morgan fingerprint density at radius 3 is 2.67 bits per heavy atom. The Bertz CT molecular complexity index is 430. The van der Waals surface area contributed by atoms with Crippen molar-refractivity contribution in [3.63, 3.8) is 0 Å². The lowest BCUT2D eigenvalue weighted by Crippen LogP contribution is -2.38. The summed E-state index contributed by atoms with van der Waals surface area (Å²) < 4.78 is 10.4. The van der Waals surface area contributed by atoms with Crippen LogP contribution in [0.5, 0.6) is 0 Å². The van der Waals surface area contributed by atoms with Crippen molar-refractivity contribution >= 4 is 17.7 Å². The van der Waals surface area contributed by atoms with E-state index in [1.807, 2.05) is 17.8 Å². The van der Waals surface area contributed by atoms with Crippen LogP contribution in [0.1, 0.15) is 19.8 Å². The summed E-state index contributed by atoms with van der Waals surface area (Å²) in [6.07, 6.45) is 2.02. The number of nitrogens with one attached hydrogen (secondary N) is 2. The number of rotatable bonds is 13. The Labute approximate surface area is 150 Å². The minimum absolute atomic E-state index is 0.651. The largest absolute Gasteiger partial charge is 0.382 e. The topological polar surface area (TPSA) is 54.9 Å². The van der Waals surface area contributed by atoms with Gasteiger partial charge in [-0.05, 0) is 37.7 Å². The van der Waals surface area contributed by atoms with Crippen LogP contribution in [0.2, 0.25) is 0 Å².